The number of hydrogen-bond acceptors (Lipinski definition) is 3. The van der Waals surface area contributed by atoms with Crippen molar-refractivity contribution in [3.63, 3.8) is 0 Å². The smallest absolute Gasteiger partial charge is 0.202 e. The molecule has 1 saturated heterocycles. The van der Waals surface area contributed by atoms with Crippen LogP contribution < -0.4 is 5.32 Å². The lowest BCUT2D eigenvalue weighted by atomic mass is 9.99. The molecule has 0 bridgehead atoms. The lowest BCUT2D eigenvalue weighted by molar-refractivity contribution is 0.189. The molecule has 2 heterocycles. The summed E-state index contributed by atoms with van der Waals surface area (Å²) in [6, 6.07) is 1.23. The predicted molar refractivity (Wildman–Crippen MR) is 66.6 cm³/mol. The van der Waals surface area contributed by atoms with Gasteiger partial charge in [0.15, 0.2) is 0 Å². The predicted octanol–water partition coefficient (Wildman–Crippen LogP) is 1.80. The van der Waals surface area contributed by atoms with Gasteiger partial charge >= 0.3 is 0 Å². The monoisotopic (exact) mass is 222 g/mol. The van der Waals surface area contributed by atoms with E-state index in [1.54, 1.807) is 0 Å². The molecular formula is C12H22N4. The molecule has 1 aliphatic rings. The van der Waals surface area contributed by atoms with Crippen LogP contribution in [0.1, 0.15) is 26.7 Å². The maximum Gasteiger partial charge on any atom is 0.202 e. The van der Waals surface area contributed by atoms with Crippen LogP contribution >= 0.6 is 0 Å². The molecule has 1 aliphatic heterocycles. The molecule has 4 heteroatoms. The van der Waals surface area contributed by atoms with E-state index in [9.17, 15) is 0 Å². The quantitative estimate of drug-likeness (QED) is 0.846. The van der Waals surface area contributed by atoms with Crippen LogP contribution in [0.4, 0.5) is 5.95 Å². The zero-order valence-electron chi connectivity index (χ0n) is 10.5. The van der Waals surface area contributed by atoms with Gasteiger partial charge in [-0.05, 0) is 33.7 Å². The Balaban J connectivity index is 1.95. The molecule has 0 amide bonds. The number of rotatable bonds is 3. The van der Waals surface area contributed by atoms with Crippen LogP contribution in [0, 0.1) is 0 Å². The van der Waals surface area contributed by atoms with Crippen LogP contribution in [0.3, 0.4) is 0 Å². The van der Waals surface area contributed by atoms with Crippen molar-refractivity contribution in [2.75, 3.05) is 18.9 Å². The van der Waals surface area contributed by atoms with E-state index in [2.05, 4.69) is 40.7 Å². The highest BCUT2D eigenvalue weighted by Gasteiger charge is 2.23. The third kappa shape index (κ3) is 2.38. The van der Waals surface area contributed by atoms with Crippen molar-refractivity contribution in [2.24, 2.45) is 0 Å². The largest absolute Gasteiger partial charge is 0.353 e. The Kier molecular flexibility index (Phi) is 3.49. The molecule has 90 valence electrons. The van der Waals surface area contributed by atoms with Gasteiger partial charge in [0.25, 0.3) is 0 Å². The number of aromatic nitrogens is 2. The van der Waals surface area contributed by atoms with Gasteiger partial charge in [0.2, 0.25) is 5.95 Å². The summed E-state index contributed by atoms with van der Waals surface area (Å²) >= 11 is 0. The van der Waals surface area contributed by atoms with Crippen LogP contribution in [-0.2, 0) is 6.54 Å². The number of hydrogen-bond donors (Lipinski definition) is 1. The summed E-state index contributed by atoms with van der Waals surface area (Å²) in [7, 11) is 2.20. The Bertz CT molecular complexity index is 334. The van der Waals surface area contributed by atoms with Gasteiger partial charge in [0.05, 0.1) is 0 Å². The Morgan fingerprint density at radius 3 is 3.06 bits per heavy atom. The molecule has 2 unspecified atom stereocenters. The first kappa shape index (κ1) is 11.5. The normalized spacial score (nSPS) is 26.9. The molecule has 4 nitrogen and oxygen atoms in total. The summed E-state index contributed by atoms with van der Waals surface area (Å²) in [5, 5.41) is 3.56. The zero-order valence-corrected chi connectivity index (χ0v) is 10.5. The lowest BCUT2D eigenvalue weighted by Gasteiger charge is -2.35. The fourth-order valence-electron chi connectivity index (χ4n) is 2.31. The molecule has 0 radical (unpaired) electrons. The van der Waals surface area contributed by atoms with Crippen LogP contribution in [0.25, 0.3) is 0 Å². The highest BCUT2D eigenvalue weighted by molar-refractivity contribution is 5.27. The maximum absolute atomic E-state index is 4.36. The number of aryl methyl sites for hydroxylation is 1. The van der Waals surface area contributed by atoms with Crippen molar-refractivity contribution in [1.82, 2.24) is 14.5 Å². The van der Waals surface area contributed by atoms with Gasteiger partial charge in [-0.3, -0.25) is 0 Å². The fourth-order valence-corrected chi connectivity index (χ4v) is 2.31. The summed E-state index contributed by atoms with van der Waals surface area (Å²) in [6.07, 6.45) is 6.30. The topological polar surface area (TPSA) is 33.1 Å². The third-order valence-electron chi connectivity index (χ3n) is 3.60. The summed E-state index contributed by atoms with van der Waals surface area (Å²) in [4.78, 5) is 6.78. The second-order valence-corrected chi connectivity index (χ2v) is 4.73. The number of nitrogens with one attached hydrogen (secondary N) is 1. The number of likely N-dealkylation sites (tertiary alicyclic amines) is 1. The van der Waals surface area contributed by atoms with Gasteiger partial charge < -0.3 is 14.8 Å². The summed E-state index contributed by atoms with van der Waals surface area (Å²) in [5.74, 6) is 1.02. The Morgan fingerprint density at radius 2 is 2.38 bits per heavy atom. The van der Waals surface area contributed by atoms with Crippen molar-refractivity contribution in [2.45, 2.75) is 45.3 Å². The van der Waals surface area contributed by atoms with Crippen LogP contribution in [-0.4, -0.2) is 40.1 Å². The highest BCUT2D eigenvalue weighted by Crippen LogP contribution is 2.18. The molecule has 0 aliphatic carbocycles. The first-order valence-corrected chi connectivity index (χ1v) is 6.18. The van der Waals surface area contributed by atoms with E-state index in [-0.39, 0.29) is 0 Å². The van der Waals surface area contributed by atoms with E-state index in [0.717, 1.165) is 12.5 Å². The Labute approximate surface area is 97.7 Å². The van der Waals surface area contributed by atoms with Gasteiger partial charge in [0.1, 0.15) is 0 Å². The minimum Gasteiger partial charge on any atom is -0.353 e. The van der Waals surface area contributed by atoms with Crippen LogP contribution in [0.2, 0.25) is 0 Å². The SMILES string of the molecule is CCn1ccnc1NC1CCN(C)C(C)C1. The number of anilines is 1. The van der Waals surface area contributed by atoms with E-state index >= 15 is 0 Å². The molecule has 2 atom stereocenters. The van der Waals surface area contributed by atoms with E-state index in [1.165, 1.54) is 19.4 Å². The molecule has 0 saturated carbocycles. The Hall–Kier alpha value is -1.03. The van der Waals surface area contributed by atoms with Crippen molar-refractivity contribution in [3.8, 4) is 0 Å². The third-order valence-corrected chi connectivity index (χ3v) is 3.60. The van der Waals surface area contributed by atoms with Gasteiger partial charge in [-0.2, -0.15) is 0 Å². The van der Waals surface area contributed by atoms with E-state index in [1.807, 2.05) is 12.4 Å². The van der Waals surface area contributed by atoms with Crippen molar-refractivity contribution in [1.29, 1.82) is 0 Å². The number of nitrogens with zero attached hydrogens (tertiary/aromatic N) is 3. The summed E-state index contributed by atoms with van der Waals surface area (Å²) < 4.78 is 2.16. The molecule has 0 spiro atoms. The van der Waals surface area contributed by atoms with E-state index in [0.29, 0.717) is 12.1 Å². The fraction of sp³-hybridized carbons (Fsp3) is 0.750. The van der Waals surface area contributed by atoms with E-state index in [4.69, 9.17) is 0 Å². The summed E-state index contributed by atoms with van der Waals surface area (Å²) in [5.41, 5.74) is 0. The highest BCUT2D eigenvalue weighted by atomic mass is 15.2. The van der Waals surface area contributed by atoms with Crippen LogP contribution in [0.15, 0.2) is 12.4 Å². The average molecular weight is 222 g/mol. The molecule has 1 aromatic rings. The molecule has 2 rings (SSSR count). The minimum absolute atomic E-state index is 0.568. The first-order valence-electron chi connectivity index (χ1n) is 6.18. The molecule has 0 aromatic carbocycles. The van der Waals surface area contributed by atoms with Gasteiger partial charge in [0, 0.05) is 37.6 Å². The minimum atomic E-state index is 0.568. The zero-order chi connectivity index (χ0) is 11.5. The molecular weight excluding hydrogens is 200 g/mol. The summed E-state index contributed by atoms with van der Waals surface area (Å²) in [6.45, 7) is 6.58. The molecule has 1 N–H and O–H groups in total. The molecule has 1 fully saturated rings. The van der Waals surface area contributed by atoms with Gasteiger partial charge in [-0.15, -0.1) is 0 Å². The van der Waals surface area contributed by atoms with Crippen molar-refractivity contribution in [3.05, 3.63) is 12.4 Å². The standard InChI is InChI=1S/C12H22N4/c1-4-16-8-6-13-12(16)14-11-5-7-15(3)10(2)9-11/h6,8,10-11H,4-5,7,9H2,1-3H3,(H,13,14). The number of imidazole rings is 1. The molecule has 1 aromatic heterocycles. The Morgan fingerprint density at radius 1 is 1.56 bits per heavy atom. The number of piperidine rings is 1. The van der Waals surface area contributed by atoms with E-state index < -0.39 is 0 Å². The second kappa shape index (κ2) is 4.87. The van der Waals surface area contributed by atoms with Crippen molar-refractivity contribution < 1.29 is 0 Å². The molecule has 16 heavy (non-hydrogen) atoms. The maximum atomic E-state index is 4.36. The van der Waals surface area contributed by atoms with Gasteiger partial charge in [-0.25, -0.2) is 4.98 Å². The van der Waals surface area contributed by atoms with Gasteiger partial charge in [-0.1, -0.05) is 0 Å². The lowest BCUT2D eigenvalue weighted by Crippen LogP contribution is -2.43. The van der Waals surface area contributed by atoms with Crippen LogP contribution in [0.5, 0.6) is 0 Å². The second-order valence-electron chi connectivity index (χ2n) is 4.73. The van der Waals surface area contributed by atoms with Crippen molar-refractivity contribution >= 4 is 5.95 Å². The average Bonchev–Trinajstić information content (AvgIpc) is 2.71. The first-order chi connectivity index (χ1) is 7.70.